The molecule has 2 aliphatic rings. The van der Waals surface area contributed by atoms with Gasteiger partial charge in [0.05, 0.1) is 0 Å². The third kappa shape index (κ3) is 3.27. The molecule has 1 saturated heterocycles. The number of likely N-dealkylation sites (tertiary alicyclic amines) is 1. The van der Waals surface area contributed by atoms with Crippen molar-refractivity contribution in [1.29, 1.82) is 0 Å². The smallest absolute Gasteiger partial charge is 0.0243 e. The van der Waals surface area contributed by atoms with Gasteiger partial charge in [0, 0.05) is 18.6 Å². The predicted octanol–water partition coefficient (Wildman–Crippen LogP) is 3.28. The van der Waals surface area contributed by atoms with Gasteiger partial charge < -0.3 is 5.32 Å². The molecule has 0 amide bonds. The molecule has 2 heteroatoms. The Morgan fingerprint density at radius 3 is 2.56 bits per heavy atom. The number of nitrogens with one attached hydrogen (secondary N) is 1. The SMILES string of the molecule is CCNC(CN1CCCC2CCCC21)C(C)(C)C. The number of rotatable bonds is 4. The summed E-state index contributed by atoms with van der Waals surface area (Å²) in [6.07, 6.45) is 7.32. The van der Waals surface area contributed by atoms with Gasteiger partial charge in [0.2, 0.25) is 0 Å². The summed E-state index contributed by atoms with van der Waals surface area (Å²) < 4.78 is 0. The second-order valence-electron chi connectivity index (χ2n) is 7.37. The van der Waals surface area contributed by atoms with E-state index in [1.807, 2.05) is 0 Å². The highest BCUT2D eigenvalue weighted by atomic mass is 15.2. The molecule has 1 heterocycles. The van der Waals surface area contributed by atoms with Gasteiger partial charge in [0.1, 0.15) is 0 Å². The molecule has 3 atom stereocenters. The van der Waals surface area contributed by atoms with Crippen molar-refractivity contribution in [2.75, 3.05) is 19.6 Å². The Bertz CT molecular complexity index is 256. The number of hydrogen-bond donors (Lipinski definition) is 1. The maximum Gasteiger partial charge on any atom is 0.0243 e. The predicted molar refractivity (Wildman–Crippen MR) is 78.9 cm³/mol. The fourth-order valence-corrected chi connectivity index (χ4v) is 3.91. The van der Waals surface area contributed by atoms with Crippen molar-refractivity contribution in [3.8, 4) is 0 Å². The zero-order chi connectivity index (χ0) is 13.2. The largest absolute Gasteiger partial charge is 0.312 e. The third-order valence-corrected chi connectivity index (χ3v) is 5.02. The molecule has 18 heavy (non-hydrogen) atoms. The van der Waals surface area contributed by atoms with E-state index in [0.717, 1.165) is 18.5 Å². The summed E-state index contributed by atoms with van der Waals surface area (Å²) in [5.74, 6) is 1.01. The first kappa shape index (κ1) is 14.3. The van der Waals surface area contributed by atoms with Gasteiger partial charge in [0.15, 0.2) is 0 Å². The molecule has 0 aromatic carbocycles. The van der Waals surface area contributed by atoms with Crippen LogP contribution < -0.4 is 5.32 Å². The molecule has 2 nitrogen and oxygen atoms in total. The van der Waals surface area contributed by atoms with E-state index in [2.05, 4.69) is 37.9 Å². The lowest BCUT2D eigenvalue weighted by Gasteiger charge is -2.42. The monoisotopic (exact) mass is 252 g/mol. The molecule has 0 spiro atoms. The second kappa shape index (κ2) is 5.92. The van der Waals surface area contributed by atoms with E-state index in [9.17, 15) is 0 Å². The van der Waals surface area contributed by atoms with Gasteiger partial charge in [0.25, 0.3) is 0 Å². The summed E-state index contributed by atoms with van der Waals surface area (Å²) in [5, 5.41) is 3.71. The van der Waals surface area contributed by atoms with Gasteiger partial charge in [-0.25, -0.2) is 0 Å². The molecule has 1 saturated carbocycles. The van der Waals surface area contributed by atoms with Gasteiger partial charge in [-0.1, -0.05) is 34.1 Å². The van der Waals surface area contributed by atoms with Gasteiger partial charge >= 0.3 is 0 Å². The maximum absolute atomic E-state index is 3.71. The van der Waals surface area contributed by atoms with E-state index in [4.69, 9.17) is 0 Å². The summed E-state index contributed by atoms with van der Waals surface area (Å²) in [7, 11) is 0. The van der Waals surface area contributed by atoms with Crippen LogP contribution in [0.25, 0.3) is 0 Å². The molecule has 1 N–H and O–H groups in total. The van der Waals surface area contributed by atoms with Crippen molar-refractivity contribution < 1.29 is 0 Å². The normalized spacial score (nSPS) is 31.3. The molecule has 2 rings (SSSR count). The van der Waals surface area contributed by atoms with Crippen molar-refractivity contribution in [1.82, 2.24) is 10.2 Å². The molecular formula is C16H32N2. The topological polar surface area (TPSA) is 15.3 Å². The molecule has 1 aliphatic carbocycles. The second-order valence-corrected chi connectivity index (χ2v) is 7.37. The van der Waals surface area contributed by atoms with Crippen molar-refractivity contribution in [3.63, 3.8) is 0 Å². The Morgan fingerprint density at radius 1 is 1.17 bits per heavy atom. The molecule has 0 bridgehead atoms. The fourth-order valence-electron chi connectivity index (χ4n) is 3.91. The fraction of sp³-hybridized carbons (Fsp3) is 1.00. The van der Waals surface area contributed by atoms with Crippen LogP contribution in [0.2, 0.25) is 0 Å². The Balaban J connectivity index is 1.97. The minimum absolute atomic E-state index is 0.363. The molecule has 0 aromatic rings. The van der Waals surface area contributed by atoms with E-state index in [0.29, 0.717) is 11.5 Å². The van der Waals surface area contributed by atoms with Crippen molar-refractivity contribution in [3.05, 3.63) is 0 Å². The van der Waals surface area contributed by atoms with Gasteiger partial charge in [-0.3, -0.25) is 4.90 Å². The van der Waals surface area contributed by atoms with Crippen LogP contribution in [0.5, 0.6) is 0 Å². The van der Waals surface area contributed by atoms with Gasteiger partial charge in [-0.2, -0.15) is 0 Å². The number of likely N-dealkylation sites (N-methyl/N-ethyl adjacent to an activating group) is 1. The molecule has 106 valence electrons. The lowest BCUT2D eigenvalue weighted by molar-refractivity contribution is 0.0800. The van der Waals surface area contributed by atoms with Crippen LogP contribution in [-0.4, -0.2) is 36.6 Å². The molecule has 0 aromatic heterocycles. The lowest BCUT2D eigenvalue weighted by atomic mass is 9.84. The Labute approximate surface area is 114 Å². The standard InChI is InChI=1S/C16H32N2/c1-5-17-15(16(2,3)4)12-18-11-7-9-13-8-6-10-14(13)18/h13-15,17H,5-12H2,1-4H3. The van der Waals surface area contributed by atoms with Crippen LogP contribution in [-0.2, 0) is 0 Å². The number of nitrogens with zero attached hydrogens (tertiary/aromatic N) is 1. The summed E-state index contributed by atoms with van der Waals surface area (Å²) in [6.45, 7) is 13.0. The average molecular weight is 252 g/mol. The number of fused-ring (bicyclic) bond motifs is 1. The van der Waals surface area contributed by atoms with E-state index in [-0.39, 0.29) is 0 Å². The summed E-state index contributed by atoms with van der Waals surface area (Å²) in [4.78, 5) is 2.81. The quantitative estimate of drug-likeness (QED) is 0.826. The minimum Gasteiger partial charge on any atom is -0.312 e. The number of hydrogen-bond acceptors (Lipinski definition) is 2. The van der Waals surface area contributed by atoms with E-state index < -0.39 is 0 Å². The zero-order valence-electron chi connectivity index (χ0n) is 12.8. The molecule has 0 radical (unpaired) electrons. The first-order valence-electron chi connectivity index (χ1n) is 7.99. The zero-order valence-corrected chi connectivity index (χ0v) is 12.8. The van der Waals surface area contributed by atoms with E-state index in [1.165, 1.54) is 45.2 Å². The Hall–Kier alpha value is -0.0800. The molecular weight excluding hydrogens is 220 g/mol. The van der Waals surface area contributed by atoms with Crippen molar-refractivity contribution in [2.45, 2.75) is 71.9 Å². The first-order valence-corrected chi connectivity index (χ1v) is 7.99. The van der Waals surface area contributed by atoms with Crippen molar-refractivity contribution in [2.24, 2.45) is 11.3 Å². The summed E-state index contributed by atoms with van der Waals surface area (Å²) in [6, 6.07) is 1.53. The summed E-state index contributed by atoms with van der Waals surface area (Å²) >= 11 is 0. The minimum atomic E-state index is 0.363. The highest BCUT2D eigenvalue weighted by molar-refractivity contribution is 4.92. The van der Waals surface area contributed by atoms with Gasteiger partial charge in [-0.15, -0.1) is 0 Å². The average Bonchev–Trinajstić information content (AvgIpc) is 2.76. The molecule has 3 unspecified atom stereocenters. The van der Waals surface area contributed by atoms with Crippen LogP contribution >= 0.6 is 0 Å². The highest BCUT2D eigenvalue weighted by Gasteiger charge is 2.37. The maximum atomic E-state index is 3.71. The van der Waals surface area contributed by atoms with Crippen LogP contribution in [0.4, 0.5) is 0 Å². The third-order valence-electron chi connectivity index (χ3n) is 5.02. The molecule has 2 fully saturated rings. The lowest BCUT2D eigenvalue weighted by Crippen LogP contribution is -2.53. The van der Waals surface area contributed by atoms with E-state index in [1.54, 1.807) is 0 Å². The Kier molecular flexibility index (Phi) is 4.71. The first-order chi connectivity index (χ1) is 8.52. The highest BCUT2D eigenvalue weighted by Crippen LogP contribution is 2.37. The van der Waals surface area contributed by atoms with Crippen LogP contribution in [0.15, 0.2) is 0 Å². The van der Waals surface area contributed by atoms with E-state index >= 15 is 0 Å². The van der Waals surface area contributed by atoms with Crippen LogP contribution in [0.1, 0.15) is 59.8 Å². The van der Waals surface area contributed by atoms with Gasteiger partial charge in [-0.05, 0) is 50.1 Å². The Morgan fingerprint density at radius 2 is 1.89 bits per heavy atom. The number of piperidine rings is 1. The summed E-state index contributed by atoms with van der Waals surface area (Å²) in [5.41, 5.74) is 0.363. The van der Waals surface area contributed by atoms with Crippen molar-refractivity contribution >= 4 is 0 Å². The van der Waals surface area contributed by atoms with Crippen LogP contribution in [0.3, 0.4) is 0 Å². The molecule has 1 aliphatic heterocycles. The van der Waals surface area contributed by atoms with Crippen LogP contribution in [0, 0.1) is 11.3 Å².